The number of carbonyl (C=O) groups is 1. The van der Waals surface area contributed by atoms with Gasteiger partial charge in [-0.1, -0.05) is 0 Å². The van der Waals surface area contributed by atoms with Crippen LogP contribution in [-0.4, -0.2) is 42.7 Å². The molecule has 110 valence electrons. The number of anilines is 1. The van der Waals surface area contributed by atoms with E-state index < -0.39 is 10.0 Å². The Kier molecular flexibility index (Phi) is 4.72. The Hall–Kier alpha value is -1.05. The molecule has 7 heteroatoms. The minimum absolute atomic E-state index is 0.00812. The lowest BCUT2D eigenvalue weighted by molar-refractivity contribution is -0.114. The van der Waals surface area contributed by atoms with Gasteiger partial charge in [-0.15, -0.1) is 0 Å². The summed E-state index contributed by atoms with van der Waals surface area (Å²) in [5, 5.41) is 2.62. The first kappa shape index (κ1) is 15.3. The zero-order valence-electron chi connectivity index (χ0n) is 11.5. The van der Waals surface area contributed by atoms with Crippen molar-refractivity contribution in [3.05, 3.63) is 24.3 Å². The predicted molar refractivity (Wildman–Crippen MR) is 81.4 cm³/mol. The molecule has 0 radical (unpaired) electrons. The molecular weight excluding hydrogens is 296 g/mol. The van der Waals surface area contributed by atoms with Gasteiger partial charge in [0.15, 0.2) is 0 Å². The minimum Gasteiger partial charge on any atom is -0.326 e. The molecule has 1 fully saturated rings. The Bertz CT molecular complexity index is 584. The van der Waals surface area contributed by atoms with Crippen molar-refractivity contribution in [2.75, 3.05) is 23.4 Å². The molecule has 1 saturated heterocycles. The Labute approximate surface area is 123 Å². The number of hydrogen-bond donors (Lipinski definition) is 1. The molecule has 0 saturated carbocycles. The molecule has 0 aliphatic carbocycles. The highest BCUT2D eigenvalue weighted by Crippen LogP contribution is 2.25. The van der Waals surface area contributed by atoms with Crippen LogP contribution in [0.2, 0.25) is 0 Å². The molecule has 0 unspecified atom stereocenters. The monoisotopic (exact) mass is 314 g/mol. The van der Waals surface area contributed by atoms with Gasteiger partial charge in [-0.05, 0) is 31.2 Å². The van der Waals surface area contributed by atoms with E-state index in [-0.39, 0.29) is 16.8 Å². The van der Waals surface area contributed by atoms with Crippen molar-refractivity contribution in [1.29, 1.82) is 0 Å². The molecule has 2 rings (SSSR count). The van der Waals surface area contributed by atoms with Crippen LogP contribution < -0.4 is 5.32 Å². The second kappa shape index (κ2) is 6.15. The van der Waals surface area contributed by atoms with Crippen LogP contribution in [0.15, 0.2) is 29.2 Å². The Balaban J connectivity index is 2.23. The van der Waals surface area contributed by atoms with Crippen LogP contribution in [0.3, 0.4) is 0 Å². The van der Waals surface area contributed by atoms with Gasteiger partial charge >= 0.3 is 0 Å². The van der Waals surface area contributed by atoms with E-state index in [0.717, 1.165) is 11.5 Å². The van der Waals surface area contributed by atoms with E-state index in [1.165, 1.54) is 19.1 Å². The van der Waals surface area contributed by atoms with E-state index in [0.29, 0.717) is 12.2 Å². The van der Waals surface area contributed by atoms with Crippen LogP contribution in [0.4, 0.5) is 5.69 Å². The van der Waals surface area contributed by atoms with Gasteiger partial charge in [0.2, 0.25) is 15.9 Å². The summed E-state index contributed by atoms with van der Waals surface area (Å²) in [6.45, 7) is 3.88. The maximum Gasteiger partial charge on any atom is 0.243 e. The standard InChI is InChI=1S/C13H18N2O3S2/c1-10-9-19-8-7-15(10)20(17,18)13-5-3-12(4-6-13)14-11(2)16/h3-6,10H,7-9H2,1-2H3,(H,14,16)/t10-/m0/s1. The van der Waals surface area contributed by atoms with Gasteiger partial charge < -0.3 is 5.32 Å². The highest BCUT2D eigenvalue weighted by atomic mass is 32.2. The molecule has 0 spiro atoms. The summed E-state index contributed by atoms with van der Waals surface area (Å²) in [5.74, 6) is 1.47. The molecular formula is C13H18N2O3S2. The number of sulfonamides is 1. The molecule has 20 heavy (non-hydrogen) atoms. The van der Waals surface area contributed by atoms with E-state index >= 15 is 0 Å². The molecule has 1 N–H and O–H groups in total. The Morgan fingerprint density at radius 3 is 2.55 bits per heavy atom. The highest BCUT2D eigenvalue weighted by molar-refractivity contribution is 7.99. The molecule has 1 aromatic rings. The number of hydrogen-bond acceptors (Lipinski definition) is 4. The van der Waals surface area contributed by atoms with Gasteiger partial charge in [-0.3, -0.25) is 4.79 Å². The van der Waals surface area contributed by atoms with Crippen LogP contribution in [0.5, 0.6) is 0 Å². The molecule has 1 aliphatic heterocycles. The van der Waals surface area contributed by atoms with Crippen LogP contribution in [0.1, 0.15) is 13.8 Å². The Morgan fingerprint density at radius 1 is 1.35 bits per heavy atom. The third-order valence-electron chi connectivity index (χ3n) is 3.09. The first-order valence-electron chi connectivity index (χ1n) is 6.38. The summed E-state index contributed by atoms with van der Waals surface area (Å²) in [4.78, 5) is 11.2. The first-order chi connectivity index (χ1) is 9.41. The Morgan fingerprint density at radius 2 is 2.00 bits per heavy atom. The number of nitrogens with zero attached hydrogens (tertiary/aromatic N) is 1. The van der Waals surface area contributed by atoms with E-state index in [4.69, 9.17) is 0 Å². The molecule has 1 amide bonds. The zero-order chi connectivity index (χ0) is 14.8. The second-order valence-electron chi connectivity index (χ2n) is 4.75. The second-order valence-corrected chi connectivity index (χ2v) is 7.79. The van der Waals surface area contributed by atoms with E-state index in [2.05, 4.69) is 5.32 Å². The van der Waals surface area contributed by atoms with Gasteiger partial charge in [-0.25, -0.2) is 8.42 Å². The lowest BCUT2D eigenvalue weighted by atomic mass is 10.3. The summed E-state index contributed by atoms with van der Waals surface area (Å²) in [6, 6.07) is 6.30. The fraction of sp³-hybridized carbons (Fsp3) is 0.462. The van der Waals surface area contributed by atoms with Crippen molar-refractivity contribution in [3.8, 4) is 0 Å². The zero-order valence-corrected chi connectivity index (χ0v) is 13.1. The van der Waals surface area contributed by atoms with Crippen LogP contribution in [0.25, 0.3) is 0 Å². The summed E-state index contributed by atoms with van der Waals surface area (Å²) in [7, 11) is -3.45. The summed E-state index contributed by atoms with van der Waals surface area (Å²) < 4.78 is 26.7. The van der Waals surface area contributed by atoms with Gasteiger partial charge in [0.05, 0.1) is 4.90 Å². The topological polar surface area (TPSA) is 66.5 Å². The molecule has 1 aliphatic rings. The fourth-order valence-corrected chi connectivity index (χ4v) is 4.97. The van der Waals surface area contributed by atoms with Crippen LogP contribution >= 0.6 is 11.8 Å². The van der Waals surface area contributed by atoms with E-state index in [1.54, 1.807) is 28.2 Å². The van der Waals surface area contributed by atoms with Crippen molar-refractivity contribution in [1.82, 2.24) is 4.31 Å². The van der Waals surface area contributed by atoms with Crippen LogP contribution in [-0.2, 0) is 14.8 Å². The van der Waals surface area contributed by atoms with Crippen molar-refractivity contribution >= 4 is 33.4 Å². The van der Waals surface area contributed by atoms with E-state index in [1.807, 2.05) is 6.92 Å². The van der Waals surface area contributed by atoms with Gasteiger partial charge in [0.1, 0.15) is 0 Å². The quantitative estimate of drug-likeness (QED) is 0.923. The fourth-order valence-electron chi connectivity index (χ4n) is 2.12. The molecule has 1 atom stereocenters. The molecule has 1 heterocycles. The molecule has 1 aromatic carbocycles. The van der Waals surface area contributed by atoms with Crippen molar-refractivity contribution in [3.63, 3.8) is 0 Å². The lowest BCUT2D eigenvalue weighted by Gasteiger charge is -2.31. The highest BCUT2D eigenvalue weighted by Gasteiger charge is 2.31. The normalized spacial score (nSPS) is 20.6. The summed E-state index contributed by atoms with van der Waals surface area (Å²) in [6.07, 6.45) is 0. The van der Waals surface area contributed by atoms with Gasteiger partial charge in [-0.2, -0.15) is 16.1 Å². The van der Waals surface area contributed by atoms with E-state index in [9.17, 15) is 13.2 Å². The summed E-state index contributed by atoms with van der Waals surface area (Å²) >= 11 is 1.77. The predicted octanol–water partition coefficient (Wildman–Crippen LogP) is 1.77. The van der Waals surface area contributed by atoms with Crippen LogP contribution in [0, 0.1) is 0 Å². The number of benzene rings is 1. The third-order valence-corrected chi connectivity index (χ3v) is 6.31. The summed E-state index contributed by atoms with van der Waals surface area (Å²) in [5.41, 5.74) is 0.596. The lowest BCUT2D eigenvalue weighted by Crippen LogP contribution is -2.44. The number of thioether (sulfide) groups is 1. The van der Waals surface area contributed by atoms with Gasteiger partial charge in [0.25, 0.3) is 0 Å². The third kappa shape index (κ3) is 3.34. The number of rotatable bonds is 3. The molecule has 0 bridgehead atoms. The molecule has 0 aromatic heterocycles. The average molecular weight is 314 g/mol. The minimum atomic E-state index is -3.45. The van der Waals surface area contributed by atoms with Crippen molar-refractivity contribution in [2.45, 2.75) is 24.8 Å². The molecule has 5 nitrogen and oxygen atoms in total. The largest absolute Gasteiger partial charge is 0.326 e. The maximum atomic E-state index is 12.6. The van der Waals surface area contributed by atoms with Crippen molar-refractivity contribution < 1.29 is 13.2 Å². The maximum absolute atomic E-state index is 12.6. The number of nitrogens with one attached hydrogen (secondary N) is 1. The SMILES string of the molecule is CC(=O)Nc1ccc(S(=O)(=O)N2CCSC[C@@H]2C)cc1. The average Bonchev–Trinajstić information content (AvgIpc) is 2.39. The van der Waals surface area contributed by atoms with Crippen molar-refractivity contribution in [2.24, 2.45) is 0 Å². The smallest absolute Gasteiger partial charge is 0.243 e. The van der Waals surface area contributed by atoms with Gasteiger partial charge in [0, 0.05) is 36.7 Å². The number of carbonyl (C=O) groups excluding carboxylic acids is 1. The first-order valence-corrected chi connectivity index (χ1v) is 8.98. The number of amides is 1.